The molecule has 44 heavy (non-hydrogen) atoms. The number of phenolic OH excluding ortho intramolecular Hbond substituents is 1. The Morgan fingerprint density at radius 1 is 0.682 bits per heavy atom. The van der Waals surface area contributed by atoms with E-state index in [1.54, 1.807) is 45.0 Å². The summed E-state index contributed by atoms with van der Waals surface area (Å²) in [4.78, 5) is 11.5. The Kier molecular flexibility index (Phi) is 17.2. The molecule has 6 heteroatoms. The first-order valence-electron chi connectivity index (χ1n) is 15.9. The quantitative estimate of drug-likeness (QED) is 0.140. The summed E-state index contributed by atoms with van der Waals surface area (Å²) in [5.41, 5.74) is 3.33. The molecule has 0 aromatic heterocycles. The van der Waals surface area contributed by atoms with Gasteiger partial charge in [-0.2, -0.15) is 0 Å². The molecular weight excluding hydrogens is 552 g/mol. The van der Waals surface area contributed by atoms with Gasteiger partial charge in [0.2, 0.25) is 0 Å². The SMILES string of the molecule is CCC(C)c1ccc(O)cc1.CCC(C)c1ccc(OC(=O)OC(C)(C)C)cc1.CCOC(C)Oc1ccc(C(C)C)cc1. The van der Waals surface area contributed by atoms with Gasteiger partial charge in [-0.3, -0.25) is 0 Å². The predicted octanol–water partition coefficient (Wildman–Crippen LogP) is 11.0. The summed E-state index contributed by atoms with van der Waals surface area (Å²) >= 11 is 0. The van der Waals surface area contributed by atoms with E-state index < -0.39 is 11.8 Å². The first kappa shape index (κ1) is 38.5. The molecule has 3 aromatic rings. The smallest absolute Gasteiger partial charge is 0.508 e. The zero-order valence-corrected chi connectivity index (χ0v) is 28.8. The number of carbonyl (C=O) groups is 1. The van der Waals surface area contributed by atoms with Crippen molar-refractivity contribution < 1.29 is 28.8 Å². The molecule has 3 aromatic carbocycles. The second-order valence-corrected chi connectivity index (χ2v) is 12.2. The number of hydrogen-bond donors (Lipinski definition) is 1. The van der Waals surface area contributed by atoms with E-state index in [-0.39, 0.29) is 6.29 Å². The fourth-order valence-corrected chi connectivity index (χ4v) is 3.90. The Bertz CT molecular complexity index is 1180. The lowest BCUT2D eigenvalue weighted by Gasteiger charge is -2.18. The maximum Gasteiger partial charge on any atom is 0.514 e. The van der Waals surface area contributed by atoms with Crippen molar-refractivity contribution in [3.8, 4) is 17.2 Å². The van der Waals surface area contributed by atoms with Gasteiger partial charge < -0.3 is 24.1 Å². The third-order valence-electron chi connectivity index (χ3n) is 6.98. The molecule has 3 atom stereocenters. The van der Waals surface area contributed by atoms with E-state index >= 15 is 0 Å². The number of aromatic hydroxyl groups is 1. The van der Waals surface area contributed by atoms with Gasteiger partial charge in [0.25, 0.3) is 0 Å². The number of ether oxygens (including phenoxy) is 4. The van der Waals surface area contributed by atoms with Crippen molar-refractivity contribution in [3.63, 3.8) is 0 Å². The fourth-order valence-electron chi connectivity index (χ4n) is 3.90. The zero-order chi connectivity index (χ0) is 33.3. The van der Waals surface area contributed by atoms with Crippen molar-refractivity contribution in [2.45, 2.75) is 119 Å². The molecule has 0 aliphatic rings. The lowest BCUT2D eigenvalue weighted by molar-refractivity contribution is -0.0613. The maximum absolute atomic E-state index is 11.5. The predicted molar refractivity (Wildman–Crippen MR) is 181 cm³/mol. The van der Waals surface area contributed by atoms with Crippen molar-refractivity contribution >= 4 is 6.16 Å². The highest BCUT2D eigenvalue weighted by molar-refractivity contribution is 5.64. The van der Waals surface area contributed by atoms with E-state index in [4.69, 9.17) is 24.1 Å². The Hall–Kier alpha value is -3.51. The summed E-state index contributed by atoms with van der Waals surface area (Å²) in [6.07, 6.45) is 1.38. The molecule has 0 aliphatic heterocycles. The average molecular weight is 609 g/mol. The lowest BCUT2D eigenvalue weighted by atomic mass is 9.99. The van der Waals surface area contributed by atoms with Crippen molar-refractivity contribution in [2.75, 3.05) is 6.61 Å². The van der Waals surface area contributed by atoms with Gasteiger partial charge in [-0.1, -0.05) is 77.9 Å². The van der Waals surface area contributed by atoms with Gasteiger partial charge >= 0.3 is 6.16 Å². The third-order valence-corrected chi connectivity index (χ3v) is 6.98. The van der Waals surface area contributed by atoms with Crippen molar-refractivity contribution in [2.24, 2.45) is 0 Å². The molecule has 0 spiro atoms. The molecule has 1 N–H and O–H groups in total. The minimum atomic E-state index is -0.668. The van der Waals surface area contributed by atoms with Gasteiger partial charge in [0.15, 0.2) is 6.29 Å². The first-order chi connectivity index (χ1) is 20.7. The van der Waals surface area contributed by atoms with Gasteiger partial charge in [-0.15, -0.1) is 0 Å². The Labute approximate surface area is 266 Å². The summed E-state index contributed by atoms with van der Waals surface area (Å²) in [6, 6.07) is 23.2. The summed E-state index contributed by atoms with van der Waals surface area (Å²) < 4.78 is 21.0. The van der Waals surface area contributed by atoms with Crippen molar-refractivity contribution in [3.05, 3.63) is 89.5 Å². The van der Waals surface area contributed by atoms with E-state index in [1.807, 2.05) is 50.2 Å². The molecule has 0 amide bonds. The second kappa shape index (κ2) is 19.7. The monoisotopic (exact) mass is 608 g/mol. The Morgan fingerprint density at radius 2 is 1.11 bits per heavy atom. The molecule has 0 saturated carbocycles. The fraction of sp³-hybridized carbons (Fsp3) is 0.500. The number of benzene rings is 3. The van der Waals surface area contributed by atoms with Gasteiger partial charge in [0, 0.05) is 6.61 Å². The molecule has 0 saturated heterocycles. The third kappa shape index (κ3) is 15.8. The molecule has 0 aliphatic carbocycles. The maximum atomic E-state index is 11.5. The molecule has 0 fully saturated rings. The van der Waals surface area contributed by atoms with Gasteiger partial charge in [-0.05, 0) is 118 Å². The van der Waals surface area contributed by atoms with Crippen LogP contribution in [0.4, 0.5) is 4.79 Å². The highest BCUT2D eigenvalue weighted by Gasteiger charge is 2.18. The molecule has 0 radical (unpaired) electrons. The highest BCUT2D eigenvalue weighted by atomic mass is 16.7. The van der Waals surface area contributed by atoms with E-state index in [9.17, 15) is 4.79 Å². The van der Waals surface area contributed by atoms with Crippen LogP contribution in [0, 0.1) is 0 Å². The molecule has 0 heterocycles. The Morgan fingerprint density at radius 3 is 1.52 bits per heavy atom. The molecule has 3 unspecified atom stereocenters. The van der Waals surface area contributed by atoms with Crippen LogP contribution in [0.3, 0.4) is 0 Å². The molecular formula is C38H56O6. The highest BCUT2D eigenvalue weighted by Crippen LogP contribution is 2.23. The summed E-state index contributed by atoms with van der Waals surface area (Å²) in [7, 11) is 0. The molecule has 244 valence electrons. The topological polar surface area (TPSA) is 74.2 Å². The number of rotatable bonds is 10. The van der Waals surface area contributed by atoms with Crippen LogP contribution < -0.4 is 9.47 Å². The molecule has 3 rings (SSSR count). The van der Waals surface area contributed by atoms with Crippen LogP contribution in [0.5, 0.6) is 17.2 Å². The van der Waals surface area contributed by atoms with Crippen molar-refractivity contribution in [1.82, 2.24) is 0 Å². The normalized spacial score (nSPS) is 12.9. The summed E-state index contributed by atoms with van der Waals surface area (Å²) in [5, 5.41) is 9.01. The van der Waals surface area contributed by atoms with Crippen molar-refractivity contribution in [1.29, 1.82) is 0 Å². The van der Waals surface area contributed by atoms with Crippen LogP contribution in [0.25, 0.3) is 0 Å². The van der Waals surface area contributed by atoms with Crippen LogP contribution in [0.2, 0.25) is 0 Å². The Balaban J connectivity index is 0.000000339. The number of carbonyl (C=O) groups excluding carboxylic acids is 1. The minimum Gasteiger partial charge on any atom is -0.508 e. The average Bonchev–Trinajstić information content (AvgIpc) is 2.97. The van der Waals surface area contributed by atoms with Crippen LogP contribution in [0.15, 0.2) is 72.8 Å². The van der Waals surface area contributed by atoms with E-state index in [2.05, 4.69) is 53.7 Å². The number of phenols is 1. The van der Waals surface area contributed by atoms with Gasteiger partial charge in [0.05, 0.1) is 0 Å². The van der Waals surface area contributed by atoms with E-state index in [0.717, 1.165) is 18.6 Å². The largest absolute Gasteiger partial charge is 0.514 e. The van der Waals surface area contributed by atoms with Gasteiger partial charge in [-0.25, -0.2) is 4.79 Å². The molecule has 0 bridgehead atoms. The summed E-state index contributed by atoms with van der Waals surface area (Å²) in [6.45, 7) is 23.0. The van der Waals surface area contributed by atoms with Crippen LogP contribution >= 0.6 is 0 Å². The summed E-state index contributed by atoms with van der Waals surface area (Å²) in [5.74, 6) is 3.38. The first-order valence-corrected chi connectivity index (χ1v) is 15.9. The standard InChI is InChI=1S/C15H22O3.C13H20O2.C10H14O/c1-6-11(2)12-7-9-13(10-8-12)17-14(16)18-15(3,4)5;1-5-14-11(4)15-13-8-6-12(7-9-13)10(2)3;1-3-8(2)9-4-6-10(11)7-5-9/h7-11H,6H2,1-5H3;6-11H,5H2,1-4H3;4-8,11H,3H2,1-2H3. The van der Waals surface area contributed by atoms with Gasteiger partial charge in [0.1, 0.15) is 22.8 Å². The molecule has 6 nitrogen and oxygen atoms in total. The zero-order valence-electron chi connectivity index (χ0n) is 28.8. The van der Waals surface area contributed by atoms with Crippen LogP contribution in [-0.2, 0) is 9.47 Å². The minimum absolute atomic E-state index is 0.181. The van der Waals surface area contributed by atoms with E-state index in [0.29, 0.717) is 35.9 Å². The van der Waals surface area contributed by atoms with E-state index in [1.165, 1.54) is 16.7 Å². The van der Waals surface area contributed by atoms with Crippen LogP contribution in [-0.4, -0.2) is 29.8 Å². The second-order valence-electron chi connectivity index (χ2n) is 12.2. The number of hydrogen-bond acceptors (Lipinski definition) is 6. The lowest BCUT2D eigenvalue weighted by Crippen LogP contribution is -2.25. The van der Waals surface area contributed by atoms with Crippen LogP contribution in [0.1, 0.15) is 123 Å².